The highest BCUT2D eigenvalue weighted by atomic mass is 16.5. The third kappa shape index (κ3) is 1.14. The van der Waals surface area contributed by atoms with E-state index in [1.54, 1.807) is 0 Å². The summed E-state index contributed by atoms with van der Waals surface area (Å²) in [5, 5.41) is 6.16. The summed E-state index contributed by atoms with van der Waals surface area (Å²) in [6.07, 6.45) is 5.62. The fourth-order valence-corrected chi connectivity index (χ4v) is 2.21. The van der Waals surface area contributed by atoms with E-state index in [4.69, 9.17) is 4.74 Å². The van der Waals surface area contributed by atoms with Gasteiger partial charge in [0.25, 0.3) is 0 Å². The molecule has 2 aliphatic heterocycles. The molecule has 0 aromatic rings. The topological polar surface area (TPSA) is 50.4 Å². The zero-order valence-electron chi connectivity index (χ0n) is 7.75. The Morgan fingerprint density at radius 1 is 1.50 bits per heavy atom. The summed E-state index contributed by atoms with van der Waals surface area (Å²) in [4.78, 5) is 11.2. The van der Waals surface area contributed by atoms with Gasteiger partial charge >= 0.3 is 0 Å². The minimum Gasteiger partial charge on any atom is -0.364 e. The molecule has 0 aromatic carbocycles. The highest BCUT2D eigenvalue weighted by Gasteiger charge is 2.33. The van der Waals surface area contributed by atoms with Crippen molar-refractivity contribution in [2.24, 2.45) is 0 Å². The van der Waals surface area contributed by atoms with E-state index in [-0.39, 0.29) is 18.1 Å². The van der Waals surface area contributed by atoms with Crippen LogP contribution in [-0.4, -0.2) is 24.8 Å². The van der Waals surface area contributed by atoms with E-state index in [1.807, 2.05) is 6.08 Å². The molecule has 2 heterocycles. The number of hydrogen-bond acceptors (Lipinski definition) is 3. The number of rotatable bonds is 0. The van der Waals surface area contributed by atoms with Crippen LogP contribution in [0.5, 0.6) is 0 Å². The van der Waals surface area contributed by atoms with E-state index in [9.17, 15) is 4.79 Å². The molecule has 0 bridgehead atoms. The first kappa shape index (κ1) is 8.05. The number of amides is 1. The number of carbonyl (C=O) groups excluding carboxylic acids is 1. The van der Waals surface area contributed by atoms with Crippen LogP contribution in [0.2, 0.25) is 0 Å². The van der Waals surface area contributed by atoms with Gasteiger partial charge in [-0.05, 0) is 11.6 Å². The number of fused-ring (bicyclic) bond motifs is 2. The summed E-state index contributed by atoms with van der Waals surface area (Å²) >= 11 is 0. The lowest BCUT2D eigenvalue weighted by atomic mass is 9.89. The summed E-state index contributed by atoms with van der Waals surface area (Å²) < 4.78 is 5.48. The Morgan fingerprint density at radius 3 is 3.36 bits per heavy atom. The molecule has 0 aromatic heterocycles. The average Bonchev–Trinajstić information content (AvgIpc) is 2.61. The first-order valence-electron chi connectivity index (χ1n) is 4.89. The number of carbonyl (C=O) groups is 1. The molecule has 0 radical (unpaired) electrons. The molecule has 1 fully saturated rings. The summed E-state index contributed by atoms with van der Waals surface area (Å²) in [5.41, 5.74) is 2.37. The van der Waals surface area contributed by atoms with E-state index in [1.165, 1.54) is 5.57 Å². The van der Waals surface area contributed by atoms with E-state index in [0.717, 1.165) is 12.1 Å². The van der Waals surface area contributed by atoms with E-state index < -0.39 is 0 Å². The second-order valence-electron chi connectivity index (χ2n) is 3.84. The van der Waals surface area contributed by atoms with Crippen molar-refractivity contribution < 1.29 is 9.53 Å². The van der Waals surface area contributed by atoms with E-state index in [0.29, 0.717) is 13.2 Å². The summed E-state index contributed by atoms with van der Waals surface area (Å²) in [7, 11) is 0. The minimum atomic E-state index is 0.113. The van der Waals surface area contributed by atoms with Gasteiger partial charge in [0.1, 0.15) is 12.8 Å². The van der Waals surface area contributed by atoms with Gasteiger partial charge in [0.05, 0.1) is 6.04 Å². The van der Waals surface area contributed by atoms with Crippen LogP contribution in [0.3, 0.4) is 0 Å². The molecule has 4 heteroatoms. The number of nitrogens with one attached hydrogen (secondary N) is 2. The molecule has 1 amide bonds. The maximum Gasteiger partial charge on any atom is 0.224 e. The van der Waals surface area contributed by atoms with Crippen molar-refractivity contribution in [1.29, 1.82) is 0 Å². The Balaban J connectivity index is 1.93. The Labute approximate surface area is 82.0 Å². The summed E-state index contributed by atoms with van der Waals surface area (Å²) in [6, 6.07) is 0.157. The smallest absolute Gasteiger partial charge is 0.224 e. The van der Waals surface area contributed by atoms with Crippen LogP contribution < -0.4 is 10.6 Å². The van der Waals surface area contributed by atoms with Gasteiger partial charge in [-0.1, -0.05) is 6.08 Å². The molecule has 0 saturated carbocycles. The van der Waals surface area contributed by atoms with Crippen molar-refractivity contribution in [1.82, 2.24) is 10.6 Å². The Bertz CT molecular complexity index is 346. The molecule has 4 nitrogen and oxygen atoms in total. The average molecular weight is 192 g/mol. The molecule has 1 saturated heterocycles. The van der Waals surface area contributed by atoms with Crippen LogP contribution in [0.4, 0.5) is 0 Å². The minimum absolute atomic E-state index is 0.113. The van der Waals surface area contributed by atoms with Gasteiger partial charge < -0.3 is 15.4 Å². The van der Waals surface area contributed by atoms with Gasteiger partial charge in [-0.15, -0.1) is 0 Å². The van der Waals surface area contributed by atoms with Gasteiger partial charge in [0.15, 0.2) is 0 Å². The molecule has 2 N–H and O–H groups in total. The van der Waals surface area contributed by atoms with Crippen molar-refractivity contribution in [3.8, 4) is 0 Å². The van der Waals surface area contributed by atoms with Crippen molar-refractivity contribution in [2.45, 2.75) is 25.0 Å². The van der Waals surface area contributed by atoms with Crippen LogP contribution in [0.25, 0.3) is 0 Å². The van der Waals surface area contributed by atoms with Crippen LogP contribution in [0.15, 0.2) is 23.4 Å². The second kappa shape index (κ2) is 2.85. The van der Waals surface area contributed by atoms with Gasteiger partial charge in [0, 0.05) is 18.5 Å². The third-order valence-corrected chi connectivity index (χ3v) is 2.94. The predicted octanol–water partition coefficient (Wildman–Crippen LogP) is 0.0348. The molecular formula is C10H12N2O2. The molecule has 0 spiro atoms. The Morgan fingerprint density at radius 2 is 2.43 bits per heavy atom. The molecule has 1 aliphatic carbocycles. The Hall–Kier alpha value is -1.29. The fraction of sp³-hybridized carbons (Fsp3) is 0.500. The molecular weight excluding hydrogens is 180 g/mol. The SMILES string of the molecule is O=C1CC=C2C=C3NCOC3CC2N1. The van der Waals surface area contributed by atoms with Crippen LogP contribution in [0.1, 0.15) is 12.8 Å². The van der Waals surface area contributed by atoms with Gasteiger partial charge in [-0.3, -0.25) is 4.79 Å². The second-order valence-corrected chi connectivity index (χ2v) is 3.84. The normalized spacial score (nSPS) is 34.7. The lowest BCUT2D eigenvalue weighted by Crippen LogP contribution is -2.43. The lowest BCUT2D eigenvalue weighted by molar-refractivity contribution is -0.121. The maximum atomic E-state index is 11.2. The zero-order valence-corrected chi connectivity index (χ0v) is 7.75. The Kier molecular flexibility index (Phi) is 1.64. The summed E-state index contributed by atoms with van der Waals surface area (Å²) in [6.45, 7) is 0.588. The molecule has 14 heavy (non-hydrogen) atoms. The van der Waals surface area contributed by atoms with E-state index in [2.05, 4.69) is 16.7 Å². The number of hydrogen-bond donors (Lipinski definition) is 2. The predicted molar refractivity (Wildman–Crippen MR) is 50.2 cm³/mol. The molecule has 2 atom stereocenters. The van der Waals surface area contributed by atoms with Crippen LogP contribution in [0, 0.1) is 0 Å². The third-order valence-electron chi connectivity index (χ3n) is 2.94. The zero-order chi connectivity index (χ0) is 9.54. The fourth-order valence-electron chi connectivity index (χ4n) is 2.21. The maximum absolute atomic E-state index is 11.2. The quantitative estimate of drug-likeness (QED) is 0.569. The van der Waals surface area contributed by atoms with Crippen molar-refractivity contribution in [3.05, 3.63) is 23.4 Å². The lowest BCUT2D eigenvalue weighted by Gasteiger charge is -2.30. The molecule has 2 unspecified atom stereocenters. The van der Waals surface area contributed by atoms with Gasteiger partial charge in [-0.2, -0.15) is 0 Å². The summed E-state index contributed by atoms with van der Waals surface area (Å²) in [5.74, 6) is 0.113. The van der Waals surface area contributed by atoms with E-state index >= 15 is 0 Å². The van der Waals surface area contributed by atoms with Gasteiger partial charge in [-0.25, -0.2) is 0 Å². The van der Waals surface area contributed by atoms with Crippen LogP contribution in [-0.2, 0) is 9.53 Å². The first-order chi connectivity index (χ1) is 6.83. The molecule has 3 rings (SSSR count). The largest absolute Gasteiger partial charge is 0.364 e. The van der Waals surface area contributed by atoms with Crippen molar-refractivity contribution in [2.75, 3.05) is 6.73 Å². The van der Waals surface area contributed by atoms with Crippen molar-refractivity contribution >= 4 is 5.91 Å². The van der Waals surface area contributed by atoms with Gasteiger partial charge in [0.2, 0.25) is 5.91 Å². The van der Waals surface area contributed by atoms with Crippen LogP contribution >= 0.6 is 0 Å². The highest BCUT2D eigenvalue weighted by Crippen LogP contribution is 2.28. The molecule has 74 valence electrons. The monoisotopic (exact) mass is 192 g/mol. The highest BCUT2D eigenvalue weighted by molar-refractivity contribution is 5.80. The standard InChI is InChI=1S/C10H12N2O2/c13-10-2-1-6-3-8-9(14-5-11-8)4-7(6)12-10/h1,3,7,9,11H,2,4-5H2,(H,12,13). The molecule has 3 aliphatic rings. The van der Waals surface area contributed by atoms with Crippen molar-refractivity contribution in [3.63, 3.8) is 0 Å². The first-order valence-corrected chi connectivity index (χ1v) is 4.89. The number of ether oxygens (including phenoxy) is 1.